The molecule has 0 spiro atoms. The molecule has 0 saturated carbocycles. The molecule has 0 aromatic heterocycles. The molecule has 0 amide bonds. The molecule has 1 aromatic carbocycles. The van der Waals surface area contributed by atoms with Gasteiger partial charge in [0.2, 0.25) is 0 Å². The van der Waals surface area contributed by atoms with Crippen LogP contribution in [0.5, 0.6) is 0 Å². The van der Waals surface area contributed by atoms with Crippen molar-refractivity contribution < 1.29 is 9.59 Å². The smallest absolute Gasteiger partial charge is 0.160 e. The van der Waals surface area contributed by atoms with Crippen LogP contribution < -0.4 is 0 Å². The Morgan fingerprint density at radius 2 is 1.11 bits per heavy atom. The van der Waals surface area contributed by atoms with Gasteiger partial charge in [-0.25, -0.2) is 0 Å². The molecule has 2 nitrogen and oxygen atoms in total. The quantitative estimate of drug-likeness (QED) is 0.713. The van der Waals surface area contributed by atoms with Crippen molar-refractivity contribution in [3.05, 3.63) is 35.4 Å². The van der Waals surface area contributed by atoms with Gasteiger partial charge in [-0.2, -0.15) is 0 Å². The summed E-state index contributed by atoms with van der Waals surface area (Å²) in [5.41, 5.74) is 1.01. The summed E-state index contributed by atoms with van der Waals surface area (Å²) in [6.45, 7) is 11.3. The zero-order valence-corrected chi connectivity index (χ0v) is 12.5. The van der Waals surface area contributed by atoms with Crippen molar-refractivity contribution in [2.24, 2.45) is 0 Å². The van der Waals surface area contributed by atoms with Gasteiger partial charge in [0.05, 0.1) is 0 Å². The van der Waals surface area contributed by atoms with E-state index in [0.717, 1.165) is 0 Å². The van der Waals surface area contributed by atoms with E-state index < -0.39 is 0 Å². The number of Topliss-reactive ketones (excluding diaryl/α,β-unsaturated/α-hetero) is 2. The zero-order chi connectivity index (χ0) is 14.6. The highest BCUT2D eigenvalue weighted by Crippen LogP contribution is 2.09. The molecule has 0 heterocycles. The number of hydrogen-bond acceptors (Lipinski definition) is 2. The molecule has 0 radical (unpaired) electrons. The Morgan fingerprint density at radius 3 is 1.28 bits per heavy atom. The average Bonchev–Trinajstić information content (AvgIpc) is 2.41. The summed E-state index contributed by atoms with van der Waals surface area (Å²) >= 11 is 0. The van der Waals surface area contributed by atoms with Crippen LogP contribution in [0.1, 0.15) is 75.1 Å². The van der Waals surface area contributed by atoms with Gasteiger partial charge in [0.25, 0.3) is 0 Å². The molecule has 102 valence electrons. The molecule has 18 heavy (non-hydrogen) atoms. The van der Waals surface area contributed by atoms with E-state index in [1.807, 2.05) is 13.8 Å². The van der Waals surface area contributed by atoms with Crippen molar-refractivity contribution >= 4 is 11.6 Å². The third-order valence-electron chi connectivity index (χ3n) is 2.19. The lowest BCUT2D eigenvalue weighted by Gasteiger charge is -2.00. The number of rotatable bonds is 3. The topological polar surface area (TPSA) is 34.1 Å². The number of carbonyl (C=O) groups is 2. The van der Waals surface area contributed by atoms with Gasteiger partial charge >= 0.3 is 0 Å². The summed E-state index contributed by atoms with van der Waals surface area (Å²) in [6, 6.07) is 6.84. The van der Waals surface area contributed by atoms with E-state index in [1.165, 1.54) is 26.7 Å². The highest BCUT2D eigenvalue weighted by atomic mass is 16.1. The minimum absolute atomic E-state index is 0.0687. The van der Waals surface area contributed by atoms with Crippen LogP contribution in [0.3, 0.4) is 0 Å². The van der Waals surface area contributed by atoms with Crippen molar-refractivity contribution in [3.8, 4) is 0 Å². The van der Waals surface area contributed by atoms with Crippen LogP contribution in [-0.4, -0.2) is 11.6 Å². The van der Waals surface area contributed by atoms with Crippen molar-refractivity contribution in [1.82, 2.24) is 0 Å². The number of unbranched alkanes of at least 4 members (excludes halogenated alkanes) is 1. The number of benzene rings is 1. The highest BCUT2D eigenvalue weighted by Gasteiger charge is 2.08. The highest BCUT2D eigenvalue weighted by molar-refractivity contribution is 6.07. The van der Waals surface area contributed by atoms with Crippen molar-refractivity contribution in [2.45, 2.75) is 54.4 Å². The van der Waals surface area contributed by atoms with Gasteiger partial charge in [0.15, 0.2) is 11.6 Å². The lowest BCUT2D eigenvalue weighted by Crippen LogP contribution is -2.02. The molecule has 2 heteroatoms. The Morgan fingerprint density at radius 1 is 0.833 bits per heavy atom. The normalized spacial score (nSPS) is 8.33. The third-order valence-corrected chi connectivity index (χ3v) is 2.19. The molecule has 0 fully saturated rings. The van der Waals surface area contributed by atoms with Gasteiger partial charge in [-0.15, -0.1) is 0 Å². The summed E-state index contributed by atoms with van der Waals surface area (Å²) in [5.74, 6) is -0.137. The molecular formula is C16H26O2. The molecule has 0 bridgehead atoms. The van der Waals surface area contributed by atoms with Crippen LogP contribution in [0.25, 0.3) is 0 Å². The van der Waals surface area contributed by atoms with Crippen LogP contribution in [0.2, 0.25) is 0 Å². The molecule has 0 atom stereocenters. The van der Waals surface area contributed by atoms with E-state index in [9.17, 15) is 9.59 Å². The monoisotopic (exact) mass is 250 g/mol. The molecule has 0 aliphatic carbocycles. The second-order valence-corrected chi connectivity index (χ2v) is 3.66. The van der Waals surface area contributed by atoms with Gasteiger partial charge < -0.3 is 0 Å². The Balaban J connectivity index is 0. The van der Waals surface area contributed by atoms with Gasteiger partial charge in [0, 0.05) is 11.1 Å². The van der Waals surface area contributed by atoms with Crippen LogP contribution in [-0.2, 0) is 0 Å². The SMILES string of the molecule is CC.CC(=O)c1ccccc1C(C)=O.CCCC. The summed E-state index contributed by atoms with van der Waals surface area (Å²) in [6.07, 6.45) is 2.64. The molecule has 0 unspecified atom stereocenters. The second kappa shape index (κ2) is 12.0. The summed E-state index contributed by atoms with van der Waals surface area (Å²) in [7, 11) is 0. The van der Waals surface area contributed by atoms with Gasteiger partial charge in [-0.05, 0) is 13.8 Å². The first-order valence-corrected chi connectivity index (χ1v) is 6.65. The van der Waals surface area contributed by atoms with Crippen LogP contribution in [0, 0.1) is 0 Å². The fourth-order valence-corrected chi connectivity index (χ4v) is 1.10. The lowest BCUT2D eigenvalue weighted by atomic mass is 10.0. The first-order valence-electron chi connectivity index (χ1n) is 6.65. The Kier molecular flexibility index (Phi) is 12.6. The van der Waals surface area contributed by atoms with E-state index in [0.29, 0.717) is 11.1 Å². The maximum absolute atomic E-state index is 11.0. The molecule has 0 N–H and O–H groups in total. The predicted octanol–water partition coefficient (Wildman–Crippen LogP) is 4.92. The van der Waals surface area contributed by atoms with Crippen molar-refractivity contribution in [3.63, 3.8) is 0 Å². The molecular weight excluding hydrogens is 224 g/mol. The molecule has 0 aliphatic rings. The van der Waals surface area contributed by atoms with Crippen LogP contribution >= 0.6 is 0 Å². The number of ketones is 2. The van der Waals surface area contributed by atoms with E-state index in [-0.39, 0.29) is 11.6 Å². The Labute approximate surface area is 111 Å². The summed E-state index contributed by atoms with van der Waals surface area (Å²) in [4.78, 5) is 22.0. The van der Waals surface area contributed by atoms with Crippen LogP contribution in [0.15, 0.2) is 24.3 Å². The summed E-state index contributed by atoms with van der Waals surface area (Å²) < 4.78 is 0. The lowest BCUT2D eigenvalue weighted by molar-refractivity contribution is 0.0981. The maximum atomic E-state index is 11.0. The Bertz CT molecular complexity index is 319. The summed E-state index contributed by atoms with van der Waals surface area (Å²) in [5, 5.41) is 0. The first-order chi connectivity index (χ1) is 8.54. The fraction of sp³-hybridized carbons (Fsp3) is 0.500. The van der Waals surface area contributed by atoms with E-state index in [1.54, 1.807) is 24.3 Å². The minimum Gasteiger partial charge on any atom is -0.294 e. The molecule has 0 saturated heterocycles. The number of carbonyl (C=O) groups excluding carboxylic acids is 2. The standard InChI is InChI=1S/C10H10O2.C4H10.C2H6/c1-7(11)9-5-3-4-6-10(9)8(2)12;1-3-4-2;1-2/h3-6H,1-2H3;3-4H2,1-2H3;1-2H3. The maximum Gasteiger partial charge on any atom is 0.160 e. The third kappa shape index (κ3) is 7.77. The largest absolute Gasteiger partial charge is 0.294 e. The zero-order valence-electron chi connectivity index (χ0n) is 12.5. The van der Waals surface area contributed by atoms with Crippen molar-refractivity contribution in [1.29, 1.82) is 0 Å². The second-order valence-electron chi connectivity index (χ2n) is 3.66. The van der Waals surface area contributed by atoms with Gasteiger partial charge in [-0.1, -0.05) is 64.8 Å². The molecule has 1 aromatic rings. The number of hydrogen-bond donors (Lipinski definition) is 0. The minimum atomic E-state index is -0.0687. The predicted molar refractivity (Wildman–Crippen MR) is 78.4 cm³/mol. The molecule has 1 rings (SSSR count). The van der Waals surface area contributed by atoms with Gasteiger partial charge in [-0.3, -0.25) is 9.59 Å². The average molecular weight is 250 g/mol. The van der Waals surface area contributed by atoms with E-state index in [4.69, 9.17) is 0 Å². The van der Waals surface area contributed by atoms with Crippen molar-refractivity contribution in [2.75, 3.05) is 0 Å². The van der Waals surface area contributed by atoms with E-state index >= 15 is 0 Å². The fourth-order valence-electron chi connectivity index (χ4n) is 1.10. The first kappa shape index (κ1) is 18.9. The van der Waals surface area contributed by atoms with Gasteiger partial charge in [0.1, 0.15) is 0 Å². The van der Waals surface area contributed by atoms with Crippen LogP contribution in [0.4, 0.5) is 0 Å². The molecule has 0 aliphatic heterocycles. The Hall–Kier alpha value is -1.44. The van der Waals surface area contributed by atoms with E-state index in [2.05, 4.69) is 13.8 Å².